The Balaban J connectivity index is 1.20. The number of nitrogens with one attached hydrogen (secondary N) is 1. The number of likely N-dealkylation sites (N-methyl/N-ethyl adjacent to an activating group) is 2. The number of hydrogen-bond donors (Lipinski definition) is 4. The van der Waals surface area contributed by atoms with Crippen molar-refractivity contribution in [2.45, 2.75) is 204 Å². The molecule has 0 saturated carbocycles. The van der Waals surface area contributed by atoms with Gasteiger partial charge in [-0.1, -0.05) is 26.8 Å². The third-order valence-corrected chi connectivity index (χ3v) is 16.7. The molecule has 2 aromatic rings. The number of ether oxygens (including phenoxy) is 9. The number of aryl methyl sites for hydroxylation is 2. The molecule has 5 heterocycles. The van der Waals surface area contributed by atoms with Crippen LogP contribution in [0.2, 0.25) is 0 Å². The second kappa shape index (κ2) is 25.4. The number of methoxy groups -OCH3 is 1. The first-order chi connectivity index (χ1) is 36.0. The van der Waals surface area contributed by atoms with E-state index < -0.39 is 119 Å². The number of aliphatic hydroxyl groups excluding tert-OH is 1. The number of rotatable bonds is 16. The summed E-state index contributed by atoms with van der Waals surface area (Å²) >= 11 is 0. The molecule has 18 atom stereocenters. The number of benzene rings is 1. The van der Waals surface area contributed by atoms with Gasteiger partial charge < -0.3 is 72.7 Å². The molecule has 0 radical (unpaired) electrons. The van der Waals surface area contributed by atoms with Crippen molar-refractivity contribution in [3.8, 4) is 0 Å². The number of carbonyl (C=O) groups excluding carboxylic acids is 3. The van der Waals surface area contributed by atoms with Crippen LogP contribution >= 0.6 is 0 Å². The Bertz CT molecular complexity index is 2440. The lowest BCUT2D eigenvalue weighted by atomic mass is 9.77. The van der Waals surface area contributed by atoms with E-state index in [0.717, 1.165) is 5.56 Å². The maximum Gasteiger partial charge on any atom is 0.509 e. The summed E-state index contributed by atoms with van der Waals surface area (Å²) in [5, 5.41) is 37.8. The molecule has 1 aromatic heterocycles. The number of aromatic carboxylic acids is 1. The summed E-state index contributed by atoms with van der Waals surface area (Å²) in [4.78, 5) is 69.7. The fraction of sp³-hybridized carbons (Fsp3) is 0.768. The highest BCUT2D eigenvalue weighted by atomic mass is 16.8. The summed E-state index contributed by atoms with van der Waals surface area (Å²) < 4.78 is 58.6. The van der Waals surface area contributed by atoms with Crippen molar-refractivity contribution in [1.82, 2.24) is 19.7 Å². The second-order valence-corrected chi connectivity index (χ2v) is 23.3. The summed E-state index contributed by atoms with van der Waals surface area (Å²) in [5.41, 5.74) is -3.43. The molecule has 21 nitrogen and oxygen atoms in total. The van der Waals surface area contributed by atoms with E-state index in [1.807, 2.05) is 77.7 Å². The van der Waals surface area contributed by atoms with Gasteiger partial charge in [0, 0.05) is 63.3 Å². The van der Waals surface area contributed by atoms with Crippen LogP contribution in [0.15, 0.2) is 29.2 Å². The molecule has 77 heavy (non-hydrogen) atoms. The lowest BCUT2D eigenvalue weighted by Gasteiger charge is -2.49. The predicted molar refractivity (Wildman–Crippen MR) is 283 cm³/mol. The Labute approximate surface area is 453 Å². The topological polar surface area (TPSA) is 253 Å². The lowest BCUT2D eigenvalue weighted by Crippen LogP contribution is -2.61. The van der Waals surface area contributed by atoms with E-state index in [1.54, 1.807) is 52.3 Å². The van der Waals surface area contributed by atoms with Gasteiger partial charge in [0.25, 0.3) is 0 Å². The van der Waals surface area contributed by atoms with Crippen molar-refractivity contribution >= 4 is 35.0 Å². The van der Waals surface area contributed by atoms with Crippen LogP contribution in [0.3, 0.4) is 0 Å². The van der Waals surface area contributed by atoms with Crippen LogP contribution in [0, 0.1) is 17.8 Å². The van der Waals surface area contributed by atoms with Crippen LogP contribution in [-0.2, 0) is 65.7 Å². The summed E-state index contributed by atoms with van der Waals surface area (Å²) in [5.74, 6) is -4.51. The van der Waals surface area contributed by atoms with Crippen molar-refractivity contribution < 1.29 is 77.1 Å². The largest absolute Gasteiger partial charge is 0.509 e. The maximum atomic E-state index is 14.8. The lowest BCUT2D eigenvalue weighted by molar-refractivity contribution is -0.318. The summed E-state index contributed by atoms with van der Waals surface area (Å²) in [7, 11) is 8.87. The first kappa shape index (κ1) is 61.9. The Hall–Kier alpha value is -4.29. The van der Waals surface area contributed by atoms with Crippen molar-refractivity contribution in [1.29, 1.82) is 0 Å². The van der Waals surface area contributed by atoms with Crippen LogP contribution in [0.1, 0.15) is 124 Å². The molecule has 434 valence electrons. The number of pyridine rings is 1. The van der Waals surface area contributed by atoms with Crippen LogP contribution in [0.4, 0.5) is 4.79 Å². The molecule has 0 spiro atoms. The van der Waals surface area contributed by atoms with Crippen LogP contribution in [-0.4, -0.2) is 192 Å². The number of carboxylic acid groups (broad SMARTS) is 1. The molecule has 4 aliphatic rings. The Morgan fingerprint density at radius 3 is 2.30 bits per heavy atom. The highest BCUT2D eigenvalue weighted by Crippen LogP contribution is 2.42. The average molecular weight is 1090 g/mol. The molecule has 4 aliphatic heterocycles. The van der Waals surface area contributed by atoms with Crippen LogP contribution in [0.25, 0.3) is 10.9 Å². The van der Waals surface area contributed by atoms with Gasteiger partial charge in [-0.15, -0.1) is 0 Å². The molecule has 4 N–H and O–H groups in total. The molecule has 0 aliphatic carbocycles. The van der Waals surface area contributed by atoms with Gasteiger partial charge in [-0.3, -0.25) is 19.3 Å². The normalized spacial score (nSPS) is 37.8. The van der Waals surface area contributed by atoms with Gasteiger partial charge in [-0.2, -0.15) is 0 Å². The zero-order valence-electron chi connectivity index (χ0n) is 47.9. The number of carbonyl (C=O) groups is 4. The van der Waals surface area contributed by atoms with Gasteiger partial charge in [-0.05, 0) is 132 Å². The van der Waals surface area contributed by atoms with Gasteiger partial charge in [-0.25, -0.2) is 9.59 Å². The second-order valence-electron chi connectivity index (χ2n) is 23.3. The van der Waals surface area contributed by atoms with Crippen LogP contribution < -0.4 is 10.7 Å². The zero-order valence-corrected chi connectivity index (χ0v) is 47.9. The molecule has 5 unspecified atom stereocenters. The quantitative estimate of drug-likeness (QED) is 0.100. The van der Waals surface area contributed by atoms with E-state index in [0.29, 0.717) is 49.8 Å². The smallest absolute Gasteiger partial charge is 0.477 e. The molecule has 1 aromatic carbocycles. The molecule has 6 rings (SSSR count). The fourth-order valence-electron chi connectivity index (χ4n) is 12.3. The molecule has 4 saturated heterocycles. The number of esters is 2. The van der Waals surface area contributed by atoms with Crippen LogP contribution in [0.5, 0.6) is 0 Å². The Kier molecular flexibility index (Phi) is 20.5. The molecule has 21 heteroatoms. The number of hydrogen-bond acceptors (Lipinski definition) is 19. The van der Waals surface area contributed by atoms with Crippen molar-refractivity contribution in [3.63, 3.8) is 0 Å². The minimum absolute atomic E-state index is 0.0403. The van der Waals surface area contributed by atoms with E-state index in [9.17, 15) is 39.3 Å². The summed E-state index contributed by atoms with van der Waals surface area (Å²) in [6.07, 6.45) is -6.38. The van der Waals surface area contributed by atoms with E-state index >= 15 is 0 Å². The molecule has 4 fully saturated rings. The first-order valence-electron chi connectivity index (χ1n) is 27.4. The van der Waals surface area contributed by atoms with E-state index in [-0.39, 0.29) is 49.3 Å². The Morgan fingerprint density at radius 1 is 0.948 bits per heavy atom. The number of carboxylic acids is 1. The summed E-state index contributed by atoms with van der Waals surface area (Å²) in [6, 6.07) is 4.73. The van der Waals surface area contributed by atoms with Crippen molar-refractivity contribution in [2.75, 3.05) is 47.9 Å². The van der Waals surface area contributed by atoms with Gasteiger partial charge in [0.15, 0.2) is 30.4 Å². The minimum Gasteiger partial charge on any atom is -0.477 e. The van der Waals surface area contributed by atoms with Crippen molar-refractivity contribution in [2.24, 2.45) is 24.8 Å². The highest BCUT2D eigenvalue weighted by molar-refractivity contribution is 5.92. The highest BCUT2D eigenvalue weighted by Gasteiger charge is 2.58. The fourth-order valence-corrected chi connectivity index (χ4v) is 12.3. The number of aromatic nitrogens is 1. The molecule has 0 amide bonds. The number of cyclic esters (lactones) is 1. The van der Waals surface area contributed by atoms with Crippen molar-refractivity contribution in [3.05, 3.63) is 45.7 Å². The zero-order chi connectivity index (χ0) is 57.1. The molecular formula is C56H88N4O17. The monoisotopic (exact) mass is 1090 g/mol. The third-order valence-electron chi connectivity index (χ3n) is 16.7. The molecule has 0 bridgehead atoms. The SMILES string of the molecule is CC[C@H]1OC(=O)[C@H](C)[C@@H](O[C@H]2CC(C)(OC)[C@@H](OC(=O)CCNCCCc3ccc4c(c3)c(=O)c(C(=O)O)cn4C)[C@H](C)O2)[C@H](C)[C@H](OC2O[C@H](C)C[C@H](N(C)C)[C@@H]2O)C(C)(O)C[C@H](C)CN(C)[C@H](C)C2OC(=O)OC21C. The summed E-state index contributed by atoms with van der Waals surface area (Å²) in [6.45, 7) is 19.4. The van der Waals surface area contributed by atoms with Gasteiger partial charge in [0.2, 0.25) is 5.43 Å². The van der Waals surface area contributed by atoms with Gasteiger partial charge >= 0.3 is 24.1 Å². The van der Waals surface area contributed by atoms with E-state index in [4.69, 9.17) is 42.6 Å². The predicted octanol–water partition coefficient (Wildman–Crippen LogP) is 4.80. The third kappa shape index (κ3) is 14.0. The maximum absolute atomic E-state index is 14.8. The standard InChI is InChI=1S/C56H88N4O17/c1-16-41-56(10)48(76-53(67)77-56)34(6)59(13)28-30(2)26-54(8,68)47(75-52-45(63)40(58(11)12)24-31(3)70-52)32(4)46(33(5)51(66)72-41)74-43-27-55(9,69-15)49(35(7)71-43)73-42(61)21-23-57-22-17-18-36-19-20-39-37(25-36)44(62)38(50(64)65)29-60(39)14/h19-20,25,29-35,40-41,43,45-49,52,57,63,68H,16-18,21-24,26-28H2,1-15H3,(H,64,65)/t30-,31+,32-,33+,34+,35-,40-,41+,43-,45-,46-,47-,48?,49-,52?,54?,55?,56?/m0/s1. The van der Waals surface area contributed by atoms with Gasteiger partial charge in [0.05, 0.1) is 47.9 Å². The van der Waals surface area contributed by atoms with E-state index in [2.05, 4.69) is 5.32 Å². The number of aliphatic hydroxyl groups is 2. The number of fused-ring (bicyclic) bond motifs is 2. The first-order valence-corrected chi connectivity index (χ1v) is 27.4. The minimum atomic E-state index is -1.63. The average Bonchev–Trinajstić information content (AvgIpc) is 3.67. The molecular weight excluding hydrogens is 1000 g/mol. The number of nitrogens with zero attached hydrogens (tertiary/aromatic N) is 3. The Morgan fingerprint density at radius 2 is 1.65 bits per heavy atom. The van der Waals surface area contributed by atoms with E-state index in [1.165, 1.54) is 13.3 Å². The van der Waals surface area contributed by atoms with Gasteiger partial charge in [0.1, 0.15) is 23.4 Å².